The first-order chi connectivity index (χ1) is 8.29. The van der Waals surface area contributed by atoms with Crippen LogP contribution in [0.25, 0.3) is 0 Å². The van der Waals surface area contributed by atoms with E-state index < -0.39 is 0 Å². The summed E-state index contributed by atoms with van der Waals surface area (Å²) in [7, 11) is 2.27. The second kappa shape index (κ2) is 8.92. The van der Waals surface area contributed by atoms with Crippen molar-refractivity contribution in [1.29, 1.82) is 0 Å². The Kier molecular flexibility index (Phi) is 8.89. The average molecular weight is 256 g/mol. The molecular weight excluding hydrogens is 220 g/mol. The summed E-state index contributed by atoms with van der Waals surface area (Å²) in [6.07, 6.45) is 3.88. The molecule has 0 heterocycles. The quantitative estimate of drug-likeness (QED) is 0.640. The van der Waals surface area contributed by atoms with Gasteiger partial charge in [0.1, 0.15) is 0 Å². The molecule has 0 aromatic heterocycles. The van der Waals surface area contributed by atoms with Gasteiger partial charge in [-0.25, -0.2) is 0 Å². The van der Waals surface area contributed by atoms with Gasteiger partial charge in [-0.1, -0.05) is 48.0 Å². The lowest BCUT2D eigenvalue weighted by molar-refractivity contribution is 0.165. The van der Waals surface area contributed by atoms with Crippen molar-refractivity contribution >= 4 is 0 Å². The lowest BCUT2D eigenvalue weighted by Crippen LogP contribution is -2.43. The standard InChI is InChI=1S/C16H36N2/c1-8-10-16(6,12-17-15(4)5)13-18(7)11-9-14(2)3/h14-15,17H,8-13H2,1-7H3. The normalized spacial score (nSPS) is 15.7. The molecule has 2 nitrogen and oxygen atoms in total. The fourth-order valence-electron chi connectivity index (χ4n) is 2.49. The summed E-state index contributed by atoms with van der Waals surface area (Å²) in [6.45, 7) is 17.3. The monoisotopic (exact) mass is 256 g/mol. The van der Waals surface area contributed by atoms with E-state index in [2.05, 4.69) is 58.8 Å². The molecule has 2 heteroatoms. The predicted molar refractivity (Wildman–Crippen MR) is 83.1 cm³/mol. The number of nitrogens with one attached hydrogen (secondary N) is 1. The van der Waals surface area contributed by atoms with Crippen LogP contribution in [-0.2, 0) is 0 Å². The van der Waals surface area contributed by atoms with Gasteiger partial charge >= 0.3 is 0 Å². The SMILES string of the molecule is CCCC(C)(CNC(C)C)CN(C)CCC(C)C. The summed E-state index contributed by atoms with van der Waals surface area (Å²) in [5.41, 5.74) is 0.407. The Morgan fingerprint density at radius 2 is 1.78 bits per heavy atom. The highest BCUT2D eigenvalue weighted by Gasteiger charge is 2.25. The van der Waals surface area contributed by atoms with E-state index in [4.69, 9.17) is 0 Å². The maximum atomic E-state index is 3.61. The van der Waals surface area contributed by atoms with Crippen molar-refractivity contribution in [1.82, 2.24) is 10.2 Å². The second-order valence-corrected chi connectivity index (χ2v) is 7.02. The van der Waals surface area contributed by atoms with Crippen LogP contribution in [0.5, 0.6) is 0 Å². The molecule has 0 aliphatic rings. The molecule has 0 saturated carbocycles. The average Bonchev–Trinajstić information content (AvgIpc) is 2.24. The fraction of sp³-hybridized carbons (Fsp3) is 1.00. The molecule has 0 amide bonds. The van der Waals surface area contributed by atoms with Crippen LogP contribution in [-0.4, -0.2) is 37.6 Å². The van der Waals surface area contributed by atoms with Gasteiger partial charge in [0, 0.05) is 19.1 Å². The van der Waals surface area contributed by atoms with Crippen molar-refractivity contribution in [2.45, 2.75) is 66.8 Å². The van der Waals surface area contributed by atoms with Gasteiger partial charge in [-0.15, -0.1) is 0 Å². The van der Waals surface area contributed by atoms with Gasteiger partial charge < -0.3 is 10.2 Å². The Morgan fingerprint density at radius 1 is 1.17 bits per heavy atom. The molecule has 0 bridgehead atoms. The second-order valence-electron chi connectivity index (χ2n) is 7.02. The first kappa shape index (κ1) is 17.9. The molecule has 110 valence electrons. The van der Waals surface area contributed by atoms with Crippen molar-refractivity contribution in [2.75, 3.05) is 26.7 Å². The zero-order chi connectivity index (χ0) is 14.2. The predicted octanol–water partition coefficient (Wildman–Crippen LogP) is 3.77. The highest BCUT2D eigenvalue weighted by Crippen LogP contribution is 2.24. The summed E-state index contributed by atoms with van der Waals surface area (Å²) in [6, 6.07) is 0.585. The summed E-state index contributed by atoms with van der Waals surface area (Å²) >= 11 is 0. The van der Waals surface area contributed by atoms with Crippen molar-refractivity contribution in [2.24, 2.45) is 11.3 Å². The van der Waals surface area contributed by atoms with E-state index in [0.29, 0.717) is 11.5 Å². The Labute approximate surface area is 116 Å². The van der Waals surface area contributed by atoms with E-state index >= 15 is 0 Å². The van der Waals surface area contributed by atoms with Gasteiger partial charge in [-0.3, -0.25) is 0 Å². The van der Waals surface area contributed by atoms with Gasteiger partial charge in [0.25, 0.3) is 0 Å². The molecule has 0 aromatic carbocycles. The molecule has 0 saturated heterocycles. The molecule has 0 aromatic rings. The van der Waals surface area contributed by atoms with E-state index in [-0.39, 0.29) is 0 Å². The van der Waals surface area contributed by atoms with Gasteiger partial charge in [-0.05, 0) is 37.8 Å². The Hall–Kier alpha value is -0.0800. The number of hydrogen-bond acceptors (Lipinski definition) is 2. The van der Waals surface area contributed by atoms with Crippen molar-refractivity contribution in [3.05, 3.63) is 0 Å². The fourth-order valence-corrected chi connectivity index (χ4v) is 2.49. The minimum absolute atomic E-state index is 0.407. The third-order valence-corrected chi connectivity index (χ3v) is 3.53. The Balaban J connectivity index is 4.22. The minimum Gasteiger partial charge on any atom is -0.314 e. The van der Waals surface area contributed by atoms with E-state index in [1.807, 2.05) is 0 Å². The van der Waals surface area contributed by atoms with Crippen LogP contribution in [0.3, 0.4) is 0 Å². The molecule has 0 aliphatic heterocycles. The van der Waals surface area contributed by atoms with E-state index in [1.165, 1.54) is 32.4 Å². The van der Waals surface area contributed by atoms with Crippen LogP contribution >= 0.6 is 0 Å². The Bertz CT molecular complexity index is 201. The van der Waals surface area contributed by atoms with Crippen LogP contribution in [0.1, 0.15) is 60.8 Å². The molecule has 1 unspecified atom stereocenters. The van der Waals surface area contributed by atoms with Crippen molar-refractivity contribution < 1.29 is 0 Å². The summed E-state index contributed by atoms with van der Waals surface area (Å²) < 4.78 is 0. The smallest absolute Gasteiger partial charge is 0.00444 e. The summed E-state index contributed by atoms with van der Waals surface area (Å²) in [5.74, 6) is 0.804. The first-order valence-electron chi connectivity index (χ1n) is 7.71. The molecular formula is C16H36N2. The minimum atomic E-state index is 0.407. The largest absolute Gasteiger partial charge is 0.314 e. The molecule has 0 radical (unpaired) electrons. The maximum Gasteiger partial charge on any atom is 0.00444 e. The zero-order valence-corrected chi connectivity index (χ0v) is 13.8. The number of nitrogens with zero attached hydrogens (tertiary/aromatic N) is 1. The third kappa shape index (κ3) is 8.93. The molecule has 0 fully saturated rings. The molecule has 0 aliphatic carbocycles. The number of hydrogen-bond donors (Lipinski definition) is 1. The van der Waals surface area contributed by atoms with Crippen LogP contribution in [0.4, 0.5) is 0 Å². The summed E-state index contributed by atoms with van der Waals surface area (Å²) in [4.78, 5) is 2.51. The van der Waals surface area contributed by atoms with Crippen LogP contribution in [0.15, 0.2) is 0 Å². The molecule has 18 heavy (non-hydrogen) atoms. The van der Waals surface area contributed by atoms with E-state index in [0.717, 1.165) is 12.5 Å². The highest BCUT2D eigenvalue weighted by molar-refractivity contribution is 4.80. The lowest BCUT2D eigenvalue weighted by atomic mass is 9.84. The molecule has 0 rings (SSSR count). The lowest BCUT2D eigenvalue weighted by Gasteiger charge is -2.35. The van der Waals surface area contributed by atoms with Crippen LogP contribution in [0.2, 0.25) is 0 Å². The first-order valence-corrected chi connectivity index (χ1v) is 7.71. The van der Waals surface area contributed by atoms with E-state index in [9.17, 15) is 0 Å². The summed E-state index contributed by atoms with van der Waals surface area (Å²) in [5, 5.41) is 3.61. The van der Waals surface area contributed by atoms with Gasteiger partial charge in [-0.2, -0.15) is 0 Å². The van der Waals surface area contributed by atoms with Crippen molar-refractivity contribution in [3.63, 3.8) is 0 Å². The Morgan fingerprint density at radius 3 is 2.22 bits per heavy atom. The molecule has 0 spiro atoms. The van der Waals surface area contributed by atoms with Crippen LogP contribution < -0.4 is 5.32 Å². The van der Waals surface area contributed by atoms with Crippen molar-refractivity contribution in [3.8, 4) is 0 Å². The van der Waals surface area contributed by atoms with Gasteiger partial charge in [0.2, 0.25) is 0 Å². The molecule has 1 N–H and O–H groups in total. The third-order valence-electron chi connectivity index (χ3n) is 3.53. The number of rotatable bonds is 10. The topological polar surface area (TPSA) is 15.3 Å². The van der Waals surface area contributed by atoms with Gasteiger partial charge in [0.15, 0.2) is 0 Å². The highest BCUT2D eigenvalue weighted by atomic mass is 15.1. The maximum absolute atomic E-state index is 3.61. The van der Waals surface area contributed by atoms with E-state index in [1.54, 1.807) is 0 Å². The zero-order valence-electron chi connectivity index (χ0n) is 13.8. The molecule has 1 atom stereocenters. The van der Waals surface area contributed by atoms with Gasteiger partial charge in [0.05, 0.1) is 0 Å². The van der Waals surface area contributed by atoms with Crippen LogP contribution in [0, 0.1) is 11.3 Å².